The van der Waals surface area contributed by atoms with Crippen LogP contribution in [0.2, 0.25) is 0 Å². The minimum absolute atomic E-state index is 0.176. The third kappa shape index (κ3) is 9.61. The molecule has 0 radical (unpaired) electrons. The summed E-state index contributed by atoms with van der Waals surface area (Å²) in [6.07, 6.45) is 2.39. The Kier molecular flexibility index (Phi) is 9.81. The molecule has 0 bridgehead atoms. The highest BCUT2D eigenvalue weighted by Gasteiger charge is 2.23. The van der Waals surface area contributed by atoms with Crippen LogP contribution in [-0.4, -0.2) is 73.2 Å². The van der Waals surface area contributed by atoms with E-state index in [0.29, 0.717) is 19.6 Å². The molecule has 1 aliphatic rings. The number of carbonyl (C=O) groups excluding carboxylic acids is 4. The Morgan fingerprint density at radius 2 is 1.75 bits per heavy atom. The highest BCUT2D eigenvalue weighted by molar-refractivity contribution is 6.12. The molecule has 1 rings (SSSR count). The Morgan fingerprint density at radius 3 is 2.36 bits per heavy atom. The Hall–Kier alpha value is -2.26. The summed E-state index contributed by atoms with van der Waals surface area (Å²) in [6.45, 7) is 8.38. The van der Waals surface area contributed by atoms with Crippen LogP contribution in [0.3, 0.4) is 0 Å². The number of hydrogen-bond donors (Lipinski definition) is 1. The molecule has 1 unspecified atom stereocenters. The Bertz CT molecular complexity index is 578. The van der Waals surface area contributed by atoms with Gasteiger partial charge in [-0.2, -0.15) is 0 Å². The normalized spacial score (nSPS) is 15.1. The van der Waals surface area contributed by atoms with Crippen LogP contribution in [0, 0.1) is 0 Å². The molecular formula is C19H30N2O7. The molecule has 0 aromatic carbocycles. The highest BCUT2D eigenvalue weighted by atomic mass is 16.6. The molecule has 0 saturated carbocycles. The zero-order valence-corrected chi connectivity index (χ0v) is 17.0. The van der Waals surface area contributed by atoms with Gasteiger partial charge >= 0.3 is 5.97 Å². The summed E-state index contributed by atoms with van der Waals surface area (Å²) in [5, 5.41) is 2.69. The van der Waals surface area contributed by atoms with E-state index < -0.39 is 17.7 Å². The van der Waals surface area contributed by atoms with Gasteiger partial charge in [0.15, 0.2) is 6.10 Å². The molecule has 0 fully saturated rings. The molecule has 1 heterocycles. The number of carbonyl (C=O) groups is 4. The van der Waals surface area contributed by atoms with Crippen molar-refractivity contribution in [3.8, 4) is 0 Å². The van der Waals surface area contributed by atoms with Crippen LogP contribution in [0.4, 0.5) is 0 Å². The molecule has 3 amide bonds. The van der Waals surface area contributed by atoms with Crippen molar-refractivity contribution in [2.45, 2.75) is 52.2 Å². The summed E-state index contributed by atoms with van der Waals surface area (Å²) in [5.41, 5.74) is -0.556. The van der Waals surface area contributed by atoms with Crippen LogP contribution in [-0.2, 0) is 33.4 Å². The summed E-state index contributed by atoms with van der Waals surface area (Å²) >= 11 is 0. The molecule has 0 aromatic heterocycles. The number of imide groups is 1. The van der Waals surface area contributed by atoms with Gasteiger partial charge in [0.25, 0.3) is 11.8 Å². The topological polar surface area (TPSA) is 111 Å². The molecule has 9 nitrogen and oxygen atoms in total. The number of esters is 1. The van der Waals surface area contributed by atoms with E-state index in [0.717, 1.165) is 4.90 Å². The smallest absolute Gasteiger partial charge is 0.335 e. The van der Waals surface area contributed by atoms with E-state index in [1.54, 1.807) is 27.7 Å². The summed E-state index contributed by atoms with van der Waals surface area (Å²) in [6, 6.07) is 0. The first-order valence-electron chi connectivity index (χ1n) is 9.32. The van der Waals surface area contributed by atoms with Crippen LogP contribution < -0.4 is 5.32 Å². The van der Waals surface area contributed by atoms with Crippen molar-refractivity contribution in [1.29, 1.82) is 0 Å². The Morgan fingerprint density at radius 1 is 1.11 bits per heavy atom. The summed E-state index contributed by atoms with van der Waals surface area (Å²) in [7, 11) is 0. The minimum Gasteiger partial charge on any atom is -0.458 e. The molecule has 1 N–H and O–H groups in total. The van der Waals surface area contributed by atoms with E-state index in [2.05, 4.69) is 5.32 Å². The fraction of sp³-hybridized carbons (Fsp3) is 0.684. The van der Waals surface area contributed by atoms with Crippen molar-refractivity contribution in [1.82, 2.24) is 10.2 Å². The lowest BCUT2D eigenvalue weighted by Crippen LogP contribution is -2.33. The predicted octanol–water partition coefficient (Wildman–Crippen LogP) is 0.571. The number of rotatable bonds is 12. The minimum atomic E-state index is -0.674. The molecule has 9 heteroatoms. The lowest BCUT2D eigenvalue weighted by Gasteiger charge is -2.22. The predicted molar refractivity (Wildman–Crippen MR) is 100 cm³/mol. The van der Waals surface area contributed by atoms with Crippen molar-refractivity contribution in [2.24, 2.45) is 0 Å². The molecule has 0 saturated heterocycles. The summed E-state index contributed by atoms with van der Waals surface area (Å²) in [5.74, 6) is -1.29. The maximum Gasteiger partial charge on any atom is 0.335 e. The second-order valence-electron chi connectivity index (χ2n) is 7.27. The third-order valence-corrected chi connectivity index (χ3v) is 3.59. The maximum atomic E-state index is 11.7. The molecule has 0 spiro atoms. The average Bonchev–Trinajstić information content (AvgIpc) is 2.91. The Balaban J connectivity index is 1.99. The monoisotopic (exact) mass is 398 g/mol. The van der Waals surface area contributed by atoms with E-state index >= 15 is 0 Å². The standard InChI is InChI=1S/C19H30N2O7/c1-14(18(25)28-19(2,3)4)27-13-12-26-11-9-20-15(22)6-5-10-21-16(23)7-8-17(21)24/h7-8,14H,5-6,9-13H2,1-4H3,(H,20,22). The number of nitrogens with zero attached hydrogens (tertiary/aromatic N) is 1. The lowest BCUT2D eigenvalue weighted by molar-refractivity contribution is -0.168. The number of amides is 3. The largest absolute Gasteiger partial charge is 0.458 e. The van der Waals surface area contributed by atoms with Crippen molar-refractivity contribution in [3.05, 3.63) is 12.2 Å². The van der Waals surface area contributed by atoms with Gasteiger partial charge in [-0.1, -0.05) is 0 Å². The first-order valence-corrected chi connectivity index (χ1v) is 9.32. The Labute approximate surface area is 165 Å². The van der Waals surface area contributed by atoms with Gasteiger partial charge in [0.05, 0.1) is 19.8 Å². The van der Waals surface area contributed by atoms with Crippen molar-refractivity contribution in [3.63, 3.8) is 0 Å². The zero-order valence-electron chi connectivity index (χ0n) is 17.0. The lowest BCUT2D eigenvalue weighted by atomic mass is 10.2. The van der Waals surface area contributed by atoms with E-state index in [1.807, 2.05) is 0 Å². The van der Waals surface area contributed by atoms with Gasteiger partial charge in [0.2, 0.25) is 5.91 Å². The van der Waals surface area contributed by atoms with E-state index in [1.165, 1.54) is 12.2 Å². The van der Waals surface area contributed by atoms with E-state index in [4.69, 9.17) is 14.2 Å². The number of ether oxygens (including phenoxy) is 3. The first-order chi connectivity index (χ1) is 13.1. The second kappa shape index (κ2) is 11.6. The van der Waals surface area contributed by atoms with Gasteiger partial charge in [-0.05, 0) is 34.1 Å². The van der Waals surface area contributed by atoms with Crippen LogP contribution in [0.15, 0.2) is 12.2 Å². The van der Waals surface area contributed by atoms with Crippen molar-refractivity contribution in [2.75, 3.05) is 32.9 Å². The molecular weight excluding hydrogens is 368 g/mol. The molecule has 0 aromatic rings. The maximum absolute atomic E-state index is 11.7. The van der Waals surface area contributed by atoms with Gasteiger partial charge in [0, 0.05) is 31.7 Å². The van der Waals surface area contributed by atoms with Crippen LogP contribution >= 0.6 is 0 Å². The van der Waals surface area contributed by atoms with Crippen molar-refractivity contribution >= 4 is 23.7 Å². The van der Waals surface area contributed by atoms with Gasteiger partial charge < -0.3 is 19.5 Å². The number of hydrogen-bond acceptors (Lipinski definition) is 7. The van der Waals surface area contributed by atoms with Crippen molar-refractivity contribution < 1.29 is 33.4 Å². The van der Waals surface area contributed by atoms with Gasteiger partial charge in [0.1, 0.15) is 5.60 Å². The van der Waals surface area contributed by atoms with E-state index in [9.17, 15) is 19.2 Å². The first kappa shape index (κ1) is 23.8. The zero-order chi connectivity index (χ0) is 21.2. The second-order valence-corrected chi connectivity index (χ2v) is 7.27. The molecule has 1 atom stereocenters. The van der Waals surface area contributed by atoms with Gasteiger partial charge in [-0.3, -0.25) is 19.3 Å². The fourth-order valence-electron chi connectivity index (χ4n) is 2.24. The number of nitrogens with one attached hydrogen (secondary N) is 1. The van der Waals surface area contributed by atoms with Gasteiger partial charge in [-0.15, -0.1) is 0 Å². The SMILES string of the molecule is CC(OCCOCCNC(=O)CCCN1C(=O)C=CC1=O)C(=O)OC(C)(C)C. The molecule has 28 heavy (non-hydrogen) atoms. The molecule has 0 aliphatic carbocycles. The average molecular weight is 398 g/mol. The highest BCUT2D eigenvalue weighted by Crippen LogP contribution is 2.09. The quantitative estimate of drug-likeness (QED) is 0.291. The van der Waals surface area contributed by atoms with Crippen LogP contribution in [0.5, 0.6) is 0 Å². The molecule has 1 aliphatic heterocycles. The van der Waals surface area contributed by atoms with Crippen LogP contribution in [0.25, 0.3) is 0 Å². The molecule has 158 valence electrons. The fourth-order valence-corrected chi connectivity index (χ4v) is 2.24. The van der Waals surface area contributed by atoms with Crippen LogP contribution in [0.1, 0.15) is 40.5 Å². The summed E-state index contributed by atoms with van der Waals surface area (Å²) in [4.78, 5) is 47.3. The van der Waals surface area contributed by atoms with E-state index in [-0.39, 0.29) is 43.9 Å². The summed E-state index contributed by atoms with van der Waals surface area (Å²) < 4.78 is 15.9. The van der Waals surface area contributed by atoms with Gasteiger partial charge in [-0.25, -0.2) is 4.79 Å². The third-order valence-electron chi connectivity index (χ3n) is 3.59.